The van der Waals surface area contributed by atoms with Crippen LogP contribution in [0.4, 0.5) is 0 Å². The number of fused-ring (bicyclic) bond motifs is 3. The summed E-state index contributed by atoms with van der Waals surface area (Å²) in [7, 11) is 0. The van der Waals surface area contributed by atoms with Crippen LogP contribution in [0.25, 0.3) is 44.6 Å². The van der Waals surface area contributed by atoms with Crippen LogP contribution >= 0.6 is 0 Å². The molecule has 0 saturated carbocycles. The number of hydrogen-bond acceptors (Lipinski definition) is 12. The second kappa shape index (κ2) is 15.6. The lowest BCUT2D eigenvalue weighted by Crippen LogP contribution is -2.41. The molecule has 0 radical (unpaired) electrons. The zero-order valence-electron chi connectivity index (χ0n) is 32.2. The molecule has 2 aromatic heterocycles. The predicted molar refractivity (Wildman–Crippen MR) is 216 cm³/mol. The molecule has 6 aromatic rings. The first-order valence-corrected chi connectivity index (χ1v) is 18.1. The molecule has 2 atom stereocenters. The summed E-state index contributed by atoms with van der Waals surface area (Å²) in [4.78, 5) is 25.0. The highest BCUT2D eigenvalue weighted by Gasteiger charge is 2.43. The molecule has 12 heteroatoms. The van der Waals surface area contributed by atoms with E-state index in [9.17, 15) is 45.3 Å². The molecule has 7 N–H and O–H groups in total. The summed E-state index contributed by atoms with van der Waals surface area (Å²) in [6, 6.07) is 15.7. The Morgan fingerprint density at radius 1 is 0.649 bits per heavy atom. The predicted octanol–water partition coefficient (Wildman–Crippen LogP) is 8.03. The van der Waals surface area contributed by atoms with E-state index in [1.165, 1.54) is 24.3 Å². The highest BCUT2D eigenvalue weighted by atomic mass is 16.5. The number of rotatable bonds is 7. The number of phenols is 5. The van der Waals surface area contributed by atoms with E-state index in [1.807, 2.05) is 45.9 Å². The van der Waals surface area contributed by atoms with Gasteiger partial charge in [0, 0.05) is 53.1 Å². The average molecular weight is 777 g/mol. The van der Waals surface area contributed by atoms with Crippen molar-refractivity contribution in [3.8, 4) is 57.1 Å². The maximum Gasteiger partial charge on any atom is 0.197 e. The minimum absolute atomic E-state index is 0.0186. The van der Waals surface area contributed by atoms with Crippen LogP contribution in [0.5, 0.6) is 34.5 Å². The van der Waals surface area contributed by atoms with Gasteiger partial charge < -0.3 is 49.3 Å². The van der Waals surface area contributed by atoms with Gasteiger partial charge in [-0.15, -0.1) is 0 Å². The zero-order chi connectivity index (χ0) is 41.5. The van der Waals surface area contributed by atoms with Crippen LogP contribution in [0.15, 0.2) is 108 Å². The van der Waals surface area contributed by atoms with E-state index in [2.05, 4.69) is 0 Å². The van der Waals surface area contributed by atoms with Crippen molar-refractivity contribution in [3.63, 3.8) is 0 Å². The van der Waals surface area contributed by atoms with Crippen LogP contribution in [0.3, 0.4) is 0 Å². The van der Waals surface area contributed by atoms with Gasteiger partial charge >= 0.3 is 0 Å². The Kier molecular flexibility index (Phi) is 11.0. The number of aromatic hydroxyl groups is 5. The van der Waals surface area contributed by atoms with Gasteiger partial charge in [0.05, 0.1) is 5.60 Å². The normalized spacial score (nSPS) is 14.7. The van der Waals surface area contributed by atoms with Crippen molar-refractivity contribution in [2.75, 3.05) is 0 Å². The maximum atomic E-state index is 12.7. The molecule has 12 nitrogen and oxygen atoms in total. The third-order valence-corrected chi connectivity index (χ3v) is 9.44. The summed E-state index contributed by atoms with van der Waals surface area (Å²) in [5, 5.41) is 70.6. The highest BCUT2D eigenvalue weighted by molar-refractivity contribution is 5.87. The molecule has 0 spiro atoms. The van der Waals surface area contributed by atoms with Crippen molar-refractivity contribution in [2.24, 2.45) is 0 Å². The third-order valence-electron chi connectivity index (χ3n) is 9.44. The van der Waals surface area contributed by atoms with E-state index in [4.69, 9.17) is 13.6 Å². The van der Waals surface area contributed by atoms with Crippen molar-refractivity contribution >= 4 is 21.9 Å². The topological polar surface area (TPSA) is 211 Å². The van der Waals surface area contributed by atoms with Gasteiger partial charge in [-0.2, -0.15) is 0 Å². The lowest BCUT2D eigenvalue weighted by molar-refractivity contribution is -0.0764. The summed E-state index contributed by atoms with van der Waals surface area (Å²) < 4.78 is 17.5. The standard InChI is InChI=1S/C25H26O7.C20H18O5/c1-12(2)5-6-13-7-14(8-16-22(29)24(25(3,4)30)32-23(13)16)19-11-18(28)21-17(27)9-15(26)10-20(21)31-19;1-11(2)3-4-12-7-13(5-6-15(12)22)18-10-17(24)20-16(23)8-14(21)9-19(20)25-18/h5,7-11,22,24,26-27,29-30H,6H2,1-4H3;3,5-10,21-23H,4H2,1-2H3. The van der Waals surface area contributed by atoms with E-state index < -0.39 is 28.7 Å². The Hall–Kier alpha value is -6.50. The quantitative estimate of drug-likeness (QED) is 0.0768. The summed E-state index contributed by atoms with van der Waals surface area (Å²) >= 11 is 0. The minimum Gasteiger partial charge on any atom is -0.508 e. The van der Waals surface area contributed by atoms with Crippen molar-refractivity contribution in [1.29, 1.82) is 0 Å². The number of benzene rings is 4. The highest BCUT2D eigenvalue weighted by Crippen LogP contribution is 2.45. The molecule has 1 aliphatic rings. The lowest BCUT2D eigenvalue weighted by Gasteiger charge is -2.27. The second-order valence-electron chi connectivity index (χ2n) is 15.1. The first-order valence-electron chi connectivity index (χ1n) is 18.1. The van der Waals surface area contributed by atoms with E-state index >= 15 is 0 Å². The SMILES string of the molecule is CC(C)=CCc1cc(-c2cc(=O)c3c(O)cc(O)cc3o2)cc2c1OC(C(C)(C)O)C2O.CC(C)=CCc1cc(-c2cc(=O)c3c(O)cc(O)cc3o2)ccc1O. The van der Waals surface area contributed by atoms with Gasteiger partial charge in [0.1, 0.15) is 74.1 Å². The molecular weight excluding hydrogens is 732 g/mol. The summed E-state index contributed by atoms with van der Waals surface area (Å²) in [6.45, 7) is 11.0. The second-order valence-corrected chi connectivity index (χ2v) is 15.1. The molecule has 0 aliphatic carbocycles. The van der Waals surface area contributed by atoms with Crippen LogP contribution in [0.1, 0.15) is 64.3 Å². The third kappa shape index (κ3) is 8.52. The Labute approximate surface area is 327 Å². The lowest BCUT2D eigenvalue weighted by atomic mass is 9.92. The van der Waals surface area contributed by atoms with E-state index in [0.717, 1.165) is 28.8 Å². The average Bonchev–Trinajstić information content (AvgIpc) is 3.46. The number of aliphatic hydroxyl groups excluding tert-OH is 1. The molecule has 0 fully saturated rings. The van der Waals surface area contributed by atoms with E-state index in [-0.39, 0.29) is 56.4 Å². The van der Waals surface area contributed by atoms with E-state index in [1.54, 1.807) is 38.1 Å². The van der Waals surface area contributed by atoms with Gasteiger partial charge in [-0.1, -0.05) is 23.3 Å². The zero-order valence-corrected chi connectivity index (χ0v) is 32.2. The molecule has 0 amide bonds. The number of ether oxygens (including phenoxy) is 1. The van der Waals surface area contributed by atoms with Crippen LogP contribution in [0, 0.1) is 0 Å². The smallest absolute Gasteiger partial charge is 0.197 e. The molecule has 2 unspecified atom stereocenters. The van der Waals surface area contributed by atoms with Gasteiger partial charge in [-0.25, -0.2) is 0 Å². The minimum atomic E-state index is -1.28. The Balaban J connectivity index is 0.000000199. The van der Waals surface area contributed by atoms with Crippen molar-refractivity contribution in [1.82, 2.24) is 0 Å². The number of phenolic OH excluding ortho intramolecular Hbond substituents is 5. The van der Waals surface area contributed by atoms with Gasteiger partial charge in [0.15, 0.2) is 17.0 Å². The van der Waals surface area contributed by atoms with Crippen molar-refractivity contribution in [3.05, 3.63) is 127 Å². The maximum absolute atomic E-state index is 12.7. The number of aliphatic hydroxyl groups is 2. The van der Waals surface area contributed by atoms with Crippen LogP contribution in [-0.2, 0) is 12.8 Å². The molecule has 7 rings (SSSR count). The summed E-state index contributed by atoms with van der Waals surface area (Å²) in [5.74, 6) is 0.0590. The van der Waals surface area contributed by atoms with Gasteiger partial charge in [-0.3, -0.25) is 9.59 Å². The molecular formula is C45H44O12. The van der Waals surface area contributed by atoms with Crippen molar-refractivity contribution < 1.29 is 49.3 Å². The number of allylic oxidation sites excluding steroid dienone is 4. The Morgan fingerprint density at radius 3 is 1.65 bits per heavy atom. The van der Waals surface area contributed by atoms with Crippen LogP contribution < -0.4 is 15.6 Å². The fraction of sp³-hybridized carbons (Fsp3) is 0.244. The van der Waals surface area contributed by atoms with Crippen molar-refractivity contribution in [2.45, 2.75) is 72.2 Å². The molecule has 0 bridgehead atoms. The van der Waals surface area contributed by atoms with Gasteiger partial charge in [-0.05, 0) is 95.8 Å². The first kappa shape index (κ1) is 40.2. The van der Waals surface area contributed by atoms with E-state index in [0.29, 0.717) is 46.6 Å². The Morgan fingerprint density at radius 2 is 1.14 bits per heavy atom. The molecule has 296 valence electrons. The molecule has 0 saturated heterocycles. The summed E-state index contributed by atoms with van der Waals surface area (Å²) in [5.41, 5.74) is 3.35. The molecule has 3 heterocycles. The van der Waals surface area contributed by atoms with Crippen LogP contribution in [0.2, 0.25) is 0 Å². The fourth-order valence-electron chi connectivity index (χ4n) is 6.58. The number of hydrogen-bond donors (Lipinski definition) is 7. The Bertz CT molecular complexity index is 2700. The monoisotopic (exact) mass is 776 g/mol. The molecule has 57 heavy (non-hydrogen) atoms. The van der Waals surface area contributed by atoms with Gasteiger partial charge in [0.2, 0.25) is 0 Å². The van der Waals surface area contributed by atoms with Crippen LogP contribution in [-0.4, -0.2) is 47.5 Å². The fourth-order valence-corrected chi connectivity index (χ4v) is 6.58. The first-order chi connectivity index (χ1) is 26.8. The largest absolute Gasteiger partial charge is 0.508 e. The summed E-state index contributed by atoms with van der Waals surface area (Å²) in [6.07, 6.45) is 3.15. The molecule has 4 aromatic carbocycles. The van der Waals surface area contributed by atoms with Gasteiger partial charge in [0.25, 0.3) is 0 Å². The molecule has 1 aliphatic heterocycles.